The number of primary amides is 1. The number of nitrogens with one attached hydrogen (secondary N) is 1. The van der Waals surface area contributed by atoms with Gasteiger partial charge in [0, 0.05) is 5.02 Å². The minimum absolute atomic E-state index is 0.187. The number of fused-ring (bicyclic) bond motifs is 1. The van der Waals surface area contributed by atoms with Crippen molar-refractivity contribution in [2.75, 3.05) is 0 Å². The number of rotatable bonds is 2. The molecule has 17 heavy (non-hydrogen) atoms. The second-order valence-electron chi connectivity index (χ2n) is 3.28. The van der Waals surface area contributed by atoms with Crippen LogP contribution in [0.2, 0.25) is 5.02 Å². The first-order valence-electron chi connectivity index (χ1n) is 4.67. The van der Waals surface area contributed by atoms with Crippen molar-refractivity contribution in [3.8, 4) is 0 Å². The molecular formula is C10H8ClN3O3. The number of carbonyl (C=O) groups is 1. The Kier molecular flexibility index (Phi) is 2.97. The predicted molar refractivity (Wildman–Crippen MR) is 61.7 cm³/mol. The number of hydrogen-bond acceptors (Lipinski definition) is 4. The lowest BCUT2D eigenvalue weighted by molar-refractivity contribution is 0.147. The minimum Gasteiger partial charge on any atom is -0.442 e. The molecule has 1 aromatic carbocycles. The fraction of sp³-hybridized carbons (Fsp3) is 0.100. The van der Waals surface area contributed by atoms with Gasteiger partial charge in [0.05, 0.1) is 10.9 Å². The molecule has 0 atom stereocenters. The normalized spacial score (nSPS) is 10.4. The highest BCUT2D eigenvalue weighted by Crippen LogP contribution is 2.14. The molecule has 0 radical (unpaired) electrons. The zero-order valence-corrected chi connectivity index (χ0v) is 9.32. The second-order valence-corrected chi connectivity index (χ2v) is 3.72. The summed E-state index contributed by atoms with van der Waals surface area (Å²) in [6.07, 6.45) is -0.932. The molecule has 88 valence electrons. The molecule has 6 nitrogen and oxygen atoms in total. The molecule has 3 N–H and O–H groups in total. The van der Waals surface area contributed by atoms with Crippen LogP contribution in [0, 0.1) is 0 Å². The van der Waals surface area contributed by atoms with Crippen LogP contribution in [0.5, 0.6) is 0 Å². The van der Waals surface area contributed by atoms with Crippen LogP contribution in [0.4, 0.5) is 4.79 Å². The molecule has 0 saturated carbocycles. The number of hydrogen-bond donors (Lipinski definition) is 2. The number of halogens is 1. The van der Waals surface area contributed by atoms with Gasteiger partial charge in [-0.15, -0.1) is 0 Å². The number of benzene rings is 1. The first-order valence-corrected chi connectivity index (χ1v) is 5.05. The van der Waals surface area contributed by atoms with Crippen LogP contribution in [0.3, 0.4) is 0 Å². The Labute approximate surface area is 100 Å². The number of amides is 1. The van der Waals surface area contributed by atoms with Crippen molar-refractivity contribution in [2.24, 2.45) is 5.73 Å². The van der Waals surface area contributed by atoms with Gasteiger partial charge in [0.15, 0.2) is 6.61 Å². The largest absolute Gasteiger partial charge is 0.442 e. The highest BCUT2D eigenvalue weighted by Gasteiger charge is 2.05. The van der Waals surface area contributed by atoms with Crippen molar-refractivity contribution in [1.29, 1.82) is 0 Å². The summed E-state index contributed by atoms with van der Waals surface area (Å²) in [5, 5.41) is 0.884. The van der Waals surface area contributed by atoms with Gasteiger partial charge in [0.2, 0.25) is 0 Å². The Balaban J connectivity index is 2.46. The second kappa shape index (κ2) is 4.42. The van der Waals surface area contributed by atoms with E-state index < -0.39 is 6.09 Å². The van der Waals surface area contributed by atoms with Crippen LogP contribution < -0.4 is 11.3 Å². The molecule has 1 amide bonds. The van der Waals surface area contributed by atoms with Gasteiger partial charge in [-0.1, -0.05) is 11.6 Å². The number of aromatic nitrogens is 2. The quantitative estimate of drug-likeness (QED) is 0.839. The van der Waals surface area contributed by atoms with Gasteiger partial charge in [0.25, 0.3) is 5.56 Å². The van der Waals surface area contributed by atoms with Crippen LogP contribution in [0.15, 0.2) is 23.0 Å². The molecule has 0 bridgehead atoms. The van der Waals surface area contributed by atoms with Gasteiger partial charge in [-0.05, 0) is 18.2 Å². The molecule has 0 fully saturated rings. The van der Waals surface area contributed by atoms with Crippen LogP contribution >= 0.6 is 11.6 Å². The van der Waals surface area contributed by atoms with E-state index in [0.717, 1.165) is 0 Å². The van der Waals surface area contributed by atoms with Crippen molar-refractivity contribution in [3.05, 3.63) is 39.4 Å². The number of aromatic amines is 1. The van der Waals surface area contributed by atoms with Crippen molar-refractivity contribution in [2.45, 2.75) is 6.61 Å². The minimum atomic E-state index is -0.932. The zero-order chi connectivity index (χ0) is 12.4. The molecular weight excluding hydrogens is 246 g/mol. The molecule has 1 aromatic heterocycles. The van der Waals surface area contributed by atoms with Crippen LogP contribution in [-0.4, -0.2) is 16.1 Å². The van der Waals surface area contributed by atoms with Gasteiger partial charge in [0.1, 0.15) is 5.82 Å². The summed E-state index contributed by atoms with van der Waals surface area (Å²) in [6.45, 7) is -0.187. The Morgan fingerprint density at radius 3 is 3.00 bits per heavy atom. The van der Waals surface area contributed by atoms with E-state index in [2.05, 4.69) is 14.7 Å². The molecule has 0 aliphatic carbocycles. The van der Waals surface area contributed by atoms with Crippen molar-refractivity contribution < 1.29 is 9.53 Å². The van der Waals surface area contributed by atoms with E-state index in [1.165, 1.54) is 0 Å². The van der Waals surface area contributed by atoms with Gasteiger partial charge in [-0.2, -0.15) is 0 Å². The zero-order valence-electron chi connectivity index (χ0n) is 8.57. The first kappa shape index (κ1) is 11.4. The van der Waals surface area contributed by atoms with Crippen molar-refractivity contribution in [3.63, 3.8) is 0 Å². The molecule has 1 heterocycles. The van der Waals surface area contributed by atoms with Crippen LogP contribution in [0.1, 0.15) is 5.82 Å². The maximum absolute atomic E-state index is 11.6. The number of nitrogens with zero attached hydrogens (tertiary/aromatic N) is 1. The summed E-state index contributed by atoms with van der Waals surface area (Å²) in [7, 11) is 0. The van der Waals surface area contributed by atoms with Crippen LogP contribution in [-0.2, 0) is 11.3 Å². The Morgan fingerprint density at radius 2 is 2.29 bits per heavy atom. The Bertz CT molecular complexity index is 638. The predicted octanol–water partition coefficient (Wildman–Crippen LogP) is 1.17. The van der Waals surface area contributed by atoms with Crippen molar-refractivity contribution in [1.82, 2.24) is 9.97 Å². The van der Waals surface area contributed by atoms with Gasteiger partial charge >= 0.3 is 6.09 Å². The third-order valence-corrected chi connectivity index (χ3v) is 2.30. The SMILES string of the molecule is NC(=O)OCc1nc2cc(Cl)ccc2c(=O)[nH]1. The lowest BCUT2D eigenvalue weighted by Crippen LogP contribution is -2.17. The summed E-state index contributed by atoms with van der Waals surface area (Å²) < 4.78 is 4.54. The molecule has 7 heteroatoms. The molecule has 0 aliphatic heterocycles. The summed E-state index contributed by atoms with van der Waals surface area (Å²) in [6, 6.07) is 4.72. The number of H-pyrrole nitrogens is 1. The molecule has 2 aromatic rings. The lowest BCUT2D eigenvalue weighted by Gasteiger charge is -2.03. The monoisotopic (exact) mass is 253 g/mol. The van der Waals surface area contributed by atoms with E-state index in [1.807, 2.05) is 0 Å². The molecule has 0 saturated heterocycles. The number of ether oxygens (including phenoxy) is 1. The van der Waals surface area contributed by atoms with Crippen LogP contribution in [0.25, 0.3) is 10.9 Å². The summed E-state index contributed by atoms with van der Waals surface area (Å²) in [5.41, 5.74) is 4.92. The summed E-state index contributed by atoms with van der Waals surface area (Å²) in [4.78, 5) is 28.7. The van der Waals surface area contributed by atoms with E-state index in [1.54, 1.807) is 18.2 Å². The average Bonchev–Trinajstić information content (AvgIpc) is 2.25. The Hall–Kier alpha value is -2.08. The smallest absolute Gasteiger partial charge is 0.404 e. The fourth-order valence-electron chi connectivity index (χ4n) is 1.37. The van der Waals surface area contributed by atoms with Gasteiger partial charge < -0.3 is 15.5 Å². The van der Waals surface area contributed by atoms with E-state index >= 15 is 0 Å². The van der Waals surface area contributed by atoms with Gasteiger partial charge in [-0.3, -0.25) is 4.79 Å². The number of nitrogens with two attached hydrogens (primary N) is 1. The molecule has 0 unspecified atom stereocenters. The fourth-order valence-corrected chi connectivity index (χ4v) is 1.54. The maximum Gasteiger partial charge on any atom is 0.404 e. The average molecular weight is 254 g/mol. The molecule has 0 aliphatic rings. The Morgan fingerprint density at radius 1 is 1.53 bits per heavy atom. The third kappa shape index (κ3) is 2.54. The third-order valence-electron chi connectivity index (χ3n) is 2.07. The van der Waals surface area contributed by atoms with E-state index in [4.69, 9.17) is 17.3 Å². The highest BCUT2D eigenvalue weighted by molar-refractivity contribution is 6.31. The topological polar surface area (TPSA) is 98.1 Å². The number of carbonyl (C=O) groups excluding carboxylic acids is 1. The summed E-state index contributed by atoms with van der Waals surface area (Å²) >= 11 is 5.79. The molecule has 2 rings (SSSR count). The van der Waals surface area contributed by atoms with E-state index in [0.29, 0.717) is 15.9 Å². The highest BCUT2D eigenvalue weighted by atomic mass is 35.5. The van der Waals surface area contributed by atoms with E-state index in [-0.39, 0.29) is 18.0 Å². The van der Waals surface area contributed by atoms with E-state index in [9.17, 15) is 9.59 Å². The first-order chi connectivity index (χ1) is 8.06. The lowest BCUT2D eigenvalue weighted by atomic mass is 10.2. The maximum atomic E-state index is 11.6. The van der Waals surface area contributed by atoms with Crippen molar-refractivity contribution >= 4 is 28.6 Å². The molecule has 0 spiro atoms. The summed E-state index contributed by atoms with van der Waals surface area (Å²) in [5.74, 6) is 0.212. The van der Waals surface area contributed by atoms with Gasteiger partial charge in [-0.25, -0.2) is 9.78 Å². The standard InChI is InChI=1S/C10H8ClN3O3/c11-5-1-2-6-7(3-5)13-8(14-9(6)15)4-17-10(12)16/h1-3H,4H2,(H2,12,16)(H,13,14,15).